The van der Waals surface area contributed by atoms with Crippen molar-refractivity contribution in [2.45, 2.75) is 13.5 Å². The Morgan fingerprint density at radius 1 is 1.19 bits per heavy atom. The molecule has 0 aromatic heterocycles. The third kappa shape index (κ3) is 4.89. The van der Waals surface area contributed by atoms with Gasteiger partial charge in [-0.2, -0.15) is 0 Å². The van der Waals surface area contributed by atoms with Gasteiger partial charge in [-0.1, -0.05) is 6.92 Å². The minimum absolute atomic E-state index is 0.163. The number of carbonyl (C=O) groups excluding carboxylic acids is 1. The molecule has 1 aliphatic heterocycles. The smallest absolute Gasteiger partial charge is 0.238 e. The molecule has 0 atom stereocenters. The van der Waals surface area contributed by atoms with Gasteiger partial charge in [0.1, 0.15) is 24.8 Å². The summed E-state index contributed by atoms with van der Waals surface area (Å²) in [6, 6.07) is 9.68. The lowest BCUT2D eigenvalue weighted by molar-refractivity contribution is -0.117. The molecule has 0 saturated heterocycles. The fourth-order valence-corrected chi connectivity index (χ4v) is 2.92. The molecule has 0 bridgehead atoms. The third-order valence-electron chi connectivity index (χ3n) is 4.28. The number of amides is 1. The van der Waals surface area contributed by atoms with Gasteiger partial charge in [0.05, 0.1) is 13.7 Å². The topological polar surface area (TPSA) is 60.0 Å². The number of fused-ring (bicyclic) bond motifs is 1. The second kappa shape index (κ2) is 8.73. The molecule has 0 spiro atoms. The van der Waals surface area contributed by atoms with Crippen molar-refractivity contribution in [3.8, 4) is 17.2 Å². The van der Waals surface area contributed by atoms with Crippen LogP contribution in [0.3, 0.4) is 0 Å². The van der Waals surface area contributed by atoms with Crippen LogP contribution in [0.25, 0.3) is 0 Å². The van der Waals surface area contributed by atoms with Crippen LogP contribution >= 0.6 is 0 Å². The fraction of sp³-hybridized carbons (Fsp3) is 0.350. The Balaban J connectivity index is 1.63. The molecule has 6 nitrogen and oxygen atoms in total. The van der Waals surface area contributed by atoms with Crippen LogP contribution in [-0.4, -0.2) is 44.2 Å². The standard InChI is InChI=1S/C20H23FN2O4/c1-3-23(12-14-10-15(21)4-6-17(14)25-2)13-20(24)22-16-5-7-18-19(11-16)27-9-8-26-18/h4-7,10-11H,3,8-9,12-13H2,1-2H3,(H,22,24). The van der Waals surface area contributed by atoms with Crippen LogP contribution in [0.2, 0.25) is 0 Å². The van der Waals surface area contributed by atoms with Crippen LogP contribution in [0, 0.1) is 5.82 Å². The summed E-state index contributed by atoms with van der Waals surface area (Å²) in [5.41, 5.74) is 1.34. The van der Waals surface area contributed by atoms with E-state index in [1.165, 1.54) is 12.1 Å². The molecular weight excluding hydrogens is 351 g/mol. The summed E-state index contributed by atoms with van der Waals surface area (Å²) in [6.45, 7) is 4.17. The Labute approximate surface area is 157 Å². The average Bonchev–Trinajstić information content (AvgIpc) is 2.67. The van der Waals surface area contributed by atoms with E-state index in [4.69, 9.17) is 14.2 Å². The number of halogens is 1. The van der Waals surface area contributed by atoms with E-state index >= 15 is 0 Å². The normalized spacial score (nSPS) is 12.7. The van der Waals surface area contributed by atoms with E-state index in [-0.39, 0.29) is 18.3 Å². The van der Waals surface area contributed by atoms with E-state index in [1.54, 1.807) is 31.4 Å². The predicted octanol–water partition coefficient (Wildman–Crippen LogP) is 3.07. The van der Waals surface area contributed by atoms with E-state index in [9.17, 15) is 9.18 Å². The lowest BCUT2D eigenvalue weighted by Gasteiger charge is -2.22. The van der Waals surface area contributed by atoms with E-state index in [0.717, 1.165) is 0 Å². The van der Waals surface area contributed by atoms with Gasteiger partial charge < -0.3 is 19.5 Å². The third-order valence-corrected chi connectivity index (χ3v) is 4.28. The van der Waals surface area contributed by atoms with E-state index in [2.05, 4.69) is 5.32 Å². The molecule has 1 N–H and O–H groups in total. The number of ether oxygens (including phenoxy) is 3. The molecule has 27 heavy (non-hydrogen) atoms. The van der Waals surface area contributed by atoms with Crippen LogP contribution in [0.15, 0.2) is 36.4 Å². The Morgan fingerprint density at radius 2 is 1.96 bits per heavy atom. The molecule has 2 aromatic carbocycles. The maximum absolute atomic E-state index is 13.6. The number of nitrogens with zero attached hydrogens (tertiary/aromatic N) is 1. The Kier molecular flexibility index (Phi) is 6.13. The van der Waals surface area contributed by atoms with Crippen molar-refractivity contribution < 1.29 is 23.4 Å². The highest BCUT2D eigenvalue weighted by atomic mass is 19.1. The molecular formula is C20H23FN2O4. The van der Waals surface area contributed by atoms with Gasteiger partial charge in [0.25, 0.3) is 0 Å². The average molecular weight is 374 g/mol. The summed E-state index contributed by atoms with van der Waals surface area (Å²) in [4.78, 5) is 14.3. The van der Waals surface area contributed by atoms with E-state index in [1.807, 2.05) is 11.8 Å². The van der Waals surface area contributed by atoms with Crippen molar-refractivity contribution >= 4 is 11.6 Å². The number of hydrogen-bond donors (Lipinski definition) is 1. The number of carbonyl (C=O) groups is 1. The Hall–Kier alpha value is -2.80. The summed E-state index contributed by atoms with van der Waals surface area (Å²) >= 11 is 0. The zero-order valence-corrected chi connectivity index (χ0v) is 15.5. The lowest BCUT2D eigenvalue weighted by atomic mass is 10.1. The Bertz CT molecular complexity index is 813. The number of rotatable bonds is 7. The van der Waals surface area contributed by atoms with Crippen molar-refractivity contribution in [1.29, 1.82) is 0 Å². The highest BCUT2D eigenvalue weighted by Gasteiger charge is 2.15. The SMILES string of the molecule is CCN(CC(=O)Nc1ccc2c(c1)OCCO2)Cc1cc(F)ccc1OC. The summed E-state index contributed by atoms with van der Waals surface area (Å²) in [5, 5.41) is 2.86. The van der Waals surface area contributed by atoms with Crippen molar-refractivity contribution in [2.75, 3.05) is 38.7 Å². The van der Waals surface area contributed by atoms with Crippen LogP contribution in [0.5, 0.6) is 17.2 Å². The first-order valence-electron chi connectivity index (χ1n) is 8.83. The van der Waals surface area contributed by atoms with Crippen molar-refractivity contribution in [2.24, 2.45) is 0 Å². The maximum Gasteiger partial charge on any atom is 0.238 e. The minimum Gasteiger partial charge on any atom is -0.496 e. The zero-order chi connectivity index (χ0) is 19.2. The van der Waals surface area contributed by atoms with Gasteiger partial charge in [-0.05, 0) is 36.9 Å². The van der Waals surface area contributed by atoms with Crippen LogP contribution < -0.4 is 19.5 Å². The molecule has 0 saturated carbocycles. The fourth-order valence-electron chi connectivity index (χ4n) is 2.92. The predicted molar refractivity (Wildman–Crippen MR) is 100.0 cm³/mol. The van der Waals surface area contributed by atoms with Gasteiger partial charge in [0.15, 0.2) is 11.5 Å². The molecule has 3 rings (SSSR count). The van der Waals surface area contributed by atoms with Crippen LogP contribution in [0.4, 0.5) is 10.1 Å². The molecule has 0 unspecified atom stereocenters. The first-order valence-corrected chi connectivity index (χ1v) is 8.83. The number of hydrogen-bond acceptors (Lipinski definition) is 5. The Morgan fingerprint density at radius 3 is 2.70 bits per heavy atom. The molecule has 1 aliphatic rings. The molecule has 144 valence electrons. The summed E-state index contributed by atoms with van der Waals surface area (Å²) in [6.07, 6.45) is 0. The second-order valence-electron chi connectivity index (χ2n) is 6.17. The highest BCUT2D eigenvalue weighted by molar-refractivity contribution is 5.92. The first kappa shape index (κ1) is 19.0. The van der Waals surface area contributed by atoms with Gasteiger partial charge in [-0.15, -0.1) is 0 Å². The number of nitrogens with one attached hydrogen (secondary N) is 1. The van der Waals surface area contributed by atoms with Crippen molar-refractivity contribution in [3.63, 3.8) is 0 Å². The van der Waals surface area contributed by atoms with Gasteiger partial charge in [-0.25, -0.2) is 4.39 Å². The molecule has 0 radical (unpaired) electrons. The number of benzene rings is 2. The molecule has 2 aromatic rings. The zero-order valence-electron chi connectivity index (χ0n) is 15.5. The van der Waals surface area contributed by atoms with E-state index < -0.39 is 0 Å². The maximum atomic E-state index is 13.6. The summed E-state index contributed by atoms with van der Waals surface area (Å²) in [5.74, 6) is 1.40. The molecule has 0 aliphatic carbocycles. The minimum atomic E-state index is -0.331. The molecule has 0 fully saturated rings. The summed E-state index contributed by atoms with van der Waals surface area (Å²) in [7, 11) is 1.54. The van der Waals surface area contributed by atoms with Crippen LogP contribution in [0.1, 0.15) is 12.5 Å². The lowest BCUT2D eigenvalue weighted by Crippen LogP contribution is -2.33. The second-order valence-corrected chi connectivity index (χ2v) is 6.17. The van der Waals surface area contributed by atoms with Crippen LogP contribution in [-0.2, 0) is 11.3 Å². The van der Waals surface area contributed by atoms with E-state index in [0.29, 0.717) is 54.8 Å². The number of methoxy groups -OCH3 is 1. The van der Waals surface area contributed by atoms with Gasteiger partial charge >= 0.3 is 0 Å². The number of anilines is 1. The largest absolute Gasteiger partial charge is 0.496 e. The quantitative estimate of drug-likeness (QED) is 0.807. The van der Waals surface area contributed by atoms with Gasteiger partial charge in [0.2, 0.25) is 5.91 Å². The first-order chi connectivity index (χ1) is 13.1. The van der Waals surface area contributed by atoms with Crippen molar-refractivity contribution in [3.05, 3.63) is 47.8 Å². The molecule has 7 heteroatoms. The molecule has 1 heterocycles. The summed E-state index contributed by atoms with van der Waals surface area (Å²) < 4.78 is 29.8. The van der Waals surface area contributed by atoms with Gasteiger partial charge in [0, 0.05) is 23.9 Å². The monoisotopic (exact) mass is 374 g/mol. The highest BCUT2D eigenvalue weighted by Crippen LogP contribution is 2.32. The number of likely N-dealkylation sites (N-methyl/N-ethyl adjacent to an activating group) is 1. The van der Waals surface area contributed by atoms with Gasteiger partial charge in [-0.3, -0.25) is 9.69 Å². The van der Waals surface area contributed by atoms with Crippen molar-refractivity contribution in [1.82, 2.24) is 4.90 Å². The molecule has 1 amide bonds.